The van der Waals surface area contributed by atoms with Gasteiger partial charge >= 0.3 is 0 Å². The molecule has 1 aromatic heterocycles. The number of nitrogen functional groups attached to an aromatic ring is 1. The zero-order chi connectivity index (χ0) is 16.9. The summed E-state index contributed by atoms with van der Waals surface area (Å²) in [6, 6.07) is 16.3. The van der Waals surface area contributed by atoms with Gasteiger partial charge in [-0.05, 0) is 24.3 Å². The Bertz CT molecular complexity index is 912. The van der Waals surface area contributed by atoms with Crippen LogP contribution in [0.1, 0.15) is 16.1 Å². The largest absolute Gasteiger partial charge is 0.382 e. The number of anilines is 2. The number of aromatic nitrogens is 2. The van der Waals surface area contributed by atoms with E-state index in [0.717, 1.165) is 11.1 Å². The van der Waals surface area contributed by atoms with E-state index in [9.17, 15) is 4.79 Å². The molecule has 1 amide bonds. The molecule has 0 spiro atoms. The van der Waals surface area contributed by atoms with Gasteiger partial charge in [0.15, 0.2) is 11.5 Å². The van der Waals surface area contributed by atoms with Crippen LogP contribution in [-0.2, 0) is 0 Å². The zero-order valence-corrected chi connectivity index (χ0v) is 12.7. The monoisotopic (exact) mass is 314 g/mol. The molecule has 0 aliphatic carbocycles. The van der Waals surface area contributed by atoms with Crippen LogP contribution < -0.4 is 11.1 Å². The number of nitrogens with zero attached hydrogens (tertiary/aromatic N) is 2. The normalized spacial score (nSPS) is 9.96. The Morgan fingerprint density at radius 2 is 1.79 bits per heavy atom. The van der Waals surface area contributed by atoms with Crippen LogP contribution in [0.5, 0.6) is 0 Å². The summed E-state index contributed by atoms with van der Waals surface area (Å²) in [5, 5.41) is 2.75. The number of nitrogens with two attached hydrogens (primary N) is 1. The second kappa shape index (κ2) is 6.63. The lowest BCUT2D eigenvalue weighted by molar-refractivity contribution is 0.102. The van der Waals surface area contributed by atoms with E-state index in [4.69, 9.17) is 12.2 Å². The van der Waals surface area contributed by atoms with Crippen molar-refractivity contribution in [3.63, 3.8) is 0 Å². The van der Waals surface area contributed by atoms with Crippen LogP contribution in [0, 0.1) is 12.3 Å². The lowest BCUT2D eigenvalue weighted by Crippen LogP contribution is -2.17. The Labute approximate surface area is 139 Å². The molecule has 0 saturated heterocycles. The number of hydrogen-bond acceptors (Lipinski definition) is 4. The lowest BCUT2D eigenvalue weighted by atomic mass is 10.1. The number of carbonyl (C=O) groups excluding carboxylic acids is 1. The van der Waals surface area contributed by atoms with Crippen LogP contribution >= 0.6 is 0 Å². The molecule has 5 nitrogen and oxygen atoms in total. The summed E-state index contributed by atoms with van der Waals surface area (Å²) < 4.78 is 0. The van der Waals surface area contributed by atoms with Gasteiger partial charge in [0, 0.05) is 16.8 Å². The number of rotatable bonds is 3. The minimum absolute atomic E-state index is 0.0763. The number of carbonyl (C=O) groups is 1. The van der Waals surface area contributed by atoms with E-state index < -0.39 is 5.91 Å². The Balaban J connectivity index is 1.91. The highest BCUT2D eigenvalue weighted by atomic mass is 16.1. The van der Waals surface area contributed by atoms with Crippen LogP contribution in [-0.4, -0.2) is 15.9 Å². The molecule has 3 rings (SSSR count). The fourth-order valence-corrected chi connectivity index (χ4v) is 2.15. The van der Waals surface area contributed by atoms with Gasteiger partial charge in [0.25, 0.3) is 5.91 Å². The second-order valence-corrected chi connectivity index (χ2v) is 5.03. The fourth-order valence-electron chi connectivity index (χ4n) is 2.15. The van der Waals surface area contributed by atoms with E-state index in [2.05, 4.69) is 21.2 Å². The summed E-state index contributed by atoms with van der Waals surface area (Å²) in [6.45, 7) is 0. The van der Waals surface area contributed by atoms with Gasteiger partial charge in [-0.15, -0.1) is 6.42 Å². The molecular weight excluding hydrogens is 300 g/mol. The molecule has 0 unspecified atom stereocenters. The smallest absolute Gasteiger partial charge is 0.278 e. The number of para-hydroxylation sites is 1. The predicted octanol–water partition coefficient (Wildman–Crippen LogP) is 2.96. The van der Waals surface area contributed by atoms with Crippen molar-refractivity contribution < 1.29 is 4.79 Å². The molecular formula is C19H14N4O. The molecule has 0 aliphatic rings. The predicted molar refractivity (Wildman–Crippen MR) is 94.2 cm³/mol. The van der Waals surface area contributed by atoms with E-state index in [1.54, 1.807) is 24.3 Å². The van der Waals surface area contributed by atoms with Gasteiger partial charge in [-0.1, -0.05) is 36.3 Å². The van der Waals surface area contributed by atoms with Crippen molar-refractivity contribution in [1.29, 1.82) is 0 Å². The maximum Gasteiger partial charge on any atom is 0.278 e. The van der Waals surface area contributed by atoms with Crippen LogP contribution in [0.4, 0.5) is 11.5 Å². The van der Waals surface area contributed by atoms with Gasteiger partial charge < -0.3 is 11.1 Å². The topological polar surface area (TPSA) is 80.9 Å². The lowest BCUT2D eigenvalue weighted by Gasteiger charge is -2.08. The summed E-state index contributed by atoms with van der Waals surface area (Å²) in [7, 11) is 0. The molecule has 0 aliphatic heterocycles. The van der Waals surface area contributed by atoms with Crippen LogP contribution in [0.2, 0.25) is 0 Å². The van der Waals surface area contributed by atoms with Crippen molar-refractivity contribution in [2.75, 3.05) is 11.1 Å². The Morgan fingerprint density at radius 3 is 2.46 bits per heavy atom. The molecule has 0 bridgehead atoms. The molecule has 0 radical (unpaired) electrons. The van der Waals surface area contributed by atoms with E-state index in [1.807, 2.05) is 30.3 Å². The van der Waals surface area contributed by atoms with Crippen LogP contribution in [0.3, 0.4) is 0 Å². The van der Waals surface area contributed by atoms with Crippen molar-refractivity contribution in [2.24, 2.45) is 0 Å². The standard InChI is InChI=1S/C19H14N4O/c1-2-13-8-10-14(11-9-13)16-12-21-18(20)17(23-16)19(24)22-15-6-4-3-5-7-15/h1,3-12H,(H2,20,21)(H,22,24). The molecule has 3 aromatic rings. The van der Waals surface area contributed by atoms with Crippen molar-refractivity contribution in [1.82, 2.24) is 9.97 Å². The number of benzene rings is 2. The quantitative estimate of drug-likeness (QED) is 0.728. The average Bonchev–Trinajstić information content (AvgIpc) is 2.63. The number of hydrogen-bond donors (Lipinski definition) is 2. The molecule has 3 N–H and O–H groups in total. The Hall–Kier alpha value is -3.65. The number of amides is 1. The molecule has 1 heterocycles. The number of nitrogens with one attached hydrogen (secondary N) is 1. The summed E-state index contributed by atoms with van der Waals surface area (Å²) in [6.07, 6.45) is 6.88. The molecule has 5 heteroatoms. The molecule has 0 atom stereocenters. The van der Waals surface area contributed by atoms with Gasteiger partial charge in [-0.3, -0.25) is 4.79 Å². The highest BCUT2D eigenvalue weighted by molar-refractivity contribution is 6.05. The maximum absolute atomic E-state index is 12.4. The van der Waals surface area contributed by atoms with Crippen molar-refractivity contribution in [3.8, 4) is 23.6 Å². The third-order valence-electron chi connectivity index (χ3n) is 3.39. The second-order valence-electron chi connectivity index (χ2n) is 5.03. The first kappa shape index (κ1) is 15.3. The third kappa shape index (κ3) is 3.23. The van der Waals surface area contributed by atoms with Crippen molar-refractivity contribution in [2.45, 2.75) is 0 Å². The van der Waals surface area contributed by atoms with Crippen molar-refractivity contribution >= 4 is 17.4 Å². The minimum Gasteiger partial charge on any atom is -0.382 e. The summed E-state index contributed by atoms with van der Waals surface area (Å²) in [5.41, 5.74) is 8.66. The van der Waals surface area contributed by atoms with Gasteiger partial charge in [0.2, 0.25) is 0 Å². The zero-order valence-electron chi connectivity index (χ0n) is 12.7. The van der Waals surface area contributed by atoms with Gasteiger partial charge in [-0.25, -0.2) is 9.97 Å². The molecule has 0 fully saturated rings. The SMILES string of the molecule is C#Cc1ccc(-c2cnc(N)c(C(=O)Nc3ccccc3)n2)cc1. The van der Waals surface area contributed by atoms with E-state index in [0.29, 0.717) is 11.4 Å². The molecule has 116 valence electrons. The third-order valence-corrected chi connectivity index (χ3v) is 3.39. The van der Waals surface area contributed by atoms with Crippen LogP contribution in [0.15, 0.2) is 60.8 Å². The fraction of sp³-hybridized carbons (Fsp3) is 0. The van der Waals surface area contributed by atoms with Crippen LogP contribution in [0.25, 0.3) is 11.3 Å². The molecule has 2 aromatic carbocycles. The highest BCUT2D eigenvalue weighted by Gasteiger charge is 2.15. The average molecular weight is 314 g/mol. The van der Waals surface area contributed by atoms with Gasteiger partial charge in [0.05, 0.1) is 11.9 Å². The van der Waals surface area contributed by atoms with Gasteiger partial charge in [-0.2, -0.15) is 0 Å². The van der Waals surface area contributed by atoms with E-state index >= 15 is 0 Å². The Kier molecular flexibility index (Phi) is 4.21. The van der Waals surface area contributed by atoms with E-state index in [-0.39, 0.29) is 11.5 Å². The minimum atomic E-state index is -0.409. The summed E-state index contributed by atoms with van der Waals surface area (Å²) in [4.78, 5) is 20.8. The van der Waals surface area contributed by atoms with Crippen molar-refractivity contribution in [3.05, 3.63) is 72.1 Å². The Morgan fingerprint density at radius 1 is 1.08 bits per heavy atom. The first-order valence-electron chi connectivity index (χ1n) is 7.23. The molecule has 0 saturated carbocycles. The number of terminal acetylenes is 1. The van der Waals surface area contributed by atoms with Gasteiger partial charge in [0.1, 0.15) is 0 Å². The first-order valence-corrected chi connectivity index (χ1v) is 7.23. The maximum atomic E-state index is 12.4. The summed E-state index contributed by atoms with van der Waals surface area (Å²) >= 11 is 0. The summed E-state index contributed by atoms with van der Waals surface area (Å²) in [5.74, 6) is 2.22. The molecule has 24 heavy (non-hydrogen) atoms. The highest BCUT2D eigenvalue weighted by Crippen LogP contribution is 2.19. The first-order chi connectivity index (χ1) is 11.7. The van der Waals surface area contributed by atoms with E-state index in [1.165, 1.54) is 6.20 Å².